The van der Waals surface area contributed by atoms with Crippen LogP contribution in [0.3, 0.4) is 0 Å². The van der Waals surface area contributed by atoms with Crippen molar-refractivity contribution >= 4 is 23.2 Å². The summed E-state index contributed by atoms with van der Waals surface area (Å²) in [5, 5.41) is 9.53. The SMILES string of the molecule is Cc1c2c(cn1C)-n1c(C)nnc1[C@H](CC(=O)N1CCC3(COC3)C1)N=C2c1ccc(Cl)cc1. The lowest BCUT2D eigenvalue weighted by molar-refractivity contribution is -0.135. The molecule has 2 fully saturated rings. The maximum Gasteiger partial charge on any atom is 0.225 e. The molecule has 3 aliphatic rings. The van der Waals surface area contributed by atoms with Crippen LogP contribution in [-0.4, -0.2) is 62.2 Å². The summed E-state index contributed by atoms with van der Waals surface area (Å²) >= 11 is 6.18. The van der Waals surface area contributed by atoms with Crippen LogP contribution in [0, 0.1) is 19.3 Å². The van der Waals surface area contributed by atoms with Gasteiger partial charge >= 0.3 is 0 Å². The van der Waals surface area contributed by atoms with Gasteiger partial charge in [0.2, 0.25) is 5.91 Å². The Kier molecular flexibility index (Phi) is 4.93. The van der Waals surface area contributed by atoms with E-state index in [2.05, 4.69) is 32.5 Å². The molecule has 6 rings (SSSR count). The number of ether oxygens (including phenoxy) is 1. The molecule has 0 aliphatic carbocycles. The number of benzene rings is 1. The van der Waals surface area contributed by atoms with Crippen molar-refractivity contribution in [3.05, 3.63) is 64.0 Å². The minimum atomic E-state index is -0.439. The second-order valence-electron chi connectivity index (χ2n) is 9.79. The molecule has 2 aromatic heterocycles. The number of rotatable bonds is 3. The first kappa shape index (κ1) is 21.6. The highest BCUT2D eigenvalue weighted by molar-refractivity contribution is 6.30. The Morgan fingerprint density at radius 1 is 1.21 bits per heavy atom. The summed E-state index contributed by atoms with van der Waals surface area (Å²) < 4.78 is 9.58. The van der Waals surface area contributed by atoms with E-state index in [0.29, 0.717) is 10.8 Å². The van der Waals surface area contributed by atoms with Gasteiger partial charge in [0.05, 0.1) is 31.0 Å². The number of aromatic nitrogens is 4. The van der Waals surface area contributed by atoms with Crippen molar-refractivity contribution in [1.82, 2.24) is 24.2 Å². The zero-order chi connectivity index (χ0) is 23.6. The van der Waals surface area contributed by atoms with Gasteiger partial charge in [-0.05, 0) is 32.4 Å². The summed E-state index contributed by atoms with van der Waals surface area (Å²) in [4.78, 5) is 20.6. The molecule has 3 aromatic rings. The molecule has 34 heavy (non-hydrogen) atoms. The van der Waals surface area contributed by atoms with Gasteiger partial charge < -0.3 is 14.2 Å². The average molecular weight is 479 g/mol. The smallest absolute Gasteiger partial charge is 0.225 e. The third-order valence-corrected chi connectivity index (χ3v) is 7.72. The van der Waals surface area contributed by atoms with Gasteiger partial charge in [0, 0.05) is 53.6 Å². The van der Waals surface area contributed by atoms with Gasteiger partial charge in [-0.25, -0.2) is 0 Å². The Bertz CT molecular complexity index is 1320. The van der Waals surface area contributed by atoms with Crippen molar-refractivity contribution in [2.75, 3.05) is 26.3 Å². The van der Waals surface area contributed by atoms with Gasteiger partial charge in [0.15, 0.2) is 5.82 Å². The molecule has 0 unspecified atom stereocenters. The lowest BCUT2D eigenvalue weighted by Gasteiger charge is -2.37. The number of nitrogens with zero attached hydrogens (tertiary/aromatic N) is 6. The van der Waals surface area contributed by atoms with Crippen LogP contribution in [0.25, 0.3) is 5.69 Å². The van der Waals surface area contributed by atoms with E-state index in [1.807, 2.05) is 43.1 Å². The quantitative estimate of drug-likeness (QED) is 0.578. The molecule has 1 aromatic carbocycles. The van der Waals surface area contributed by atoms with Crippen LogP contribution in [0.2, 0.25) is 5.02 Å². The summed E-state index contributed by atoms with van der Waals surface area (Å²) in [6, 6.07) is 7.27. The highest BCUT2D eigenvalue weighted by atomic mass is 35.5. The van der Waals surface area contributed by atoms with Gasteiger partial charge in [-0.15, -0.1) is 10.2 Å². The number of hydrogen-bond acceptors (Lipinski definition) is 5. The standard InChI is InChI=1S/C25H27ClN6O2/c1-15-22-20(11-30(15)3)32-16(2)28-29-24(32)19(27-23(22)17-4-6-18(26)7-5-17)10-21(33)31-9-8-25(12-31)13-34-14-25/h4-7,11,19H,8-10,12-14H2,1-3H3/t19-/m0/s1. The highest BCUT2D eigenvalue weighted by Crippen LogP contribution is 2.39. The number of aliphatic imine (C=N–C) groups is 1. The Labute approximate surface area is 203 Å². The van der Waals surface area contributed by atoms with E-state index in [4.69, 9.17) is 21.3 Å². The highest BCUT2D eigenvalue weighted by Gasteiger charge is 2.46. The van der Waals surface area contributed by atoms with Crippen LogP contribution in [-0.2, 0) is 16.6 Å². The van der Waals surface area contributed by atoms with E-state index in [1.165, 1.54) is 0 Å². The van der Waals surface area contributed by atoms with Crippen molar-refractivity contribution in [2.45, 2.75) is 32.7 Å². The average Bonchev–Trinajstić information content (AvgIpc) is 3.46. The third-order valence-electron chi connectivity index (χ3n) is 7.47. The molecule has 0 saturated carbocycles. The molecule has 2 saturated heterocycles. The van der Waals surface area contributed by atoms with Crippen molar-refractivity contribution < 1.29 is 9.53 Å². The van der Waals surface area contributed by atoms with Gasteiger partial charge in [0.25, 0.3) is 0 Å². The van der Waals surface area contributed by atoms with Crippen LogP contribution in [0.5, 0.6) is 0 Å². The molecule has 0 N–H and O–H groups in total. The Morgan fingerprint density at radius 2 is 1.97 bits per heavy atom. The number of hydrogen-bond donors (Lipinski definition) is 0. The molecule has 0 radical (unpaired) electrons. The Morgan fingerprint density at radius 3 is 2.65 bits per heavy atom. The molecule has 3 aliphatic heterocycles. The van der Waals surface area contributed by atoms with E-state index in [-0.39, 0.29) is 17.7 Å². The third kappa shape index (κ3) is 3.31. The number of likely N-dealkylation sites (tertiary alicyclic amines) is 1. The fraction of sp³-hybridized carbons (Fsp3) is 0.440. The minimum absolute atomic E-state index is 0.101. The van der Waals surface area contributed by atoms with Gasteiger partial charge in [-0.3, -0.25) is 14.4 Å². The second kappa shape index (κ2) is 7.78. The van der Waals surface area contributed by atoms with Crippen LogP contribution >= 0.6 is 11.6 Å². The number of halogens is 1. The van der Waals surface area contributed by atoms with Crippen molar-refractivity contribution in [1.29, 1.82) is 0 Å². The normalized spacial score (nSPS) is 20.5. The first-order valence-electron chi connectivity index (χ1n) is 11.6. The summed E-state index contributed by atoms with van der Waals surface area (Å²) in [5.74, 6) is 1.57. The summed E-state index contributed by atoms with van der Waals surface area (Å²) in [6.45, 7) is 7.06. The maximum atomic E-state index is 13.4. The van der Waals surface area contributed by atoms with Gasteiger partial charge in [-0.1, -0.05) is 23.7 Å². The van der Waals surface area contributed by atoms with Gasteiger partial charge in [0.1, 0.15) is 11.9 Å². The van der Waals surface area contributed by atoms with Gasteiger partial charge in [-0.2, -0.15) is 0 Å². The Hall–Kier alpha value is -2.97. The second-order valence-corrected chi connectivity index (χ2v) is 10.2. The molecular formula is C25H27ClN6O2. The molecule has 1 amide bonds. The van der Waals surface area contributed by atoms with E-state index in [1.54, 1.807) is 0 Å². The van der Waals surface area contributed by atoms with Crippen LogP contribution in [0.15, 0.2) is 35.5 Å². The number of carbonyl (C=O) groups excluding carboxylic acids is 1. The Balaban J connectivity index is 1.44. The van der Waals surface area contributed by atoms with Crippen LogP contribution < -0.4 is 0 Å². The first-order chi connectivity index (χ1) is 16.3. The topological polar surface area (TPSA) is 77.5 Å². The van der Waals surface area contributed by atoms with Crippen LogP contribution in [0.1, 0.15) is 47.4 Å². The molecule has 0 bridgehead atoms. The largest absolute Gasteiger partial charge is 0.380 e. The number of carbonyl (C=O) groups is 1. The fourth-order valence-corrected chi connectivity index (χ4v) is 5.50. The minimum Gasteiger partial charge on any atom is -0.380 e. The van der Waals surface area contributed by atoms with E-state index >= 15 is 0 Å². The monoisotopic (exact) mass is 478 g/mol. The first-order valence-corrected chi connectivity index (χ1v) is 12.0. The lowest BCUT2D eigenvalue weighted by Crippen LogP contribution is -2.45. The van der Waals surface area contributed by atoms with E-state index in [9.17, 15) is 4.79 Å². The number of amides is 1. The summed E-state index contributed by atoms with van der Waals surface area (Å²) in [6.07, 6.45) is 3.34. The number of aryl methyl sites for hydroxylation is 2. The van der Waals surface area contributed by atoms with Crippen molar-refractivity contribution in [2.24, 2.45) is 17.5 Å². The molecular weight excluding hydrogens is 452 g/mol. The molecule has 8 nitrogen and oxygen atoms in total. The molecule has 5 heterocycles. The molecule has 176 valence electrons. The van der Waals surface area contributed by atoms with Crippen molar-refractivity contribution in [3.8, 4) is 5.69 Å². The molecule has 1 spiro atoms. The predicted octanol–water partition coefficient (Wildman–Crippen LogP) is 3.41. The predicted molar refractivity (Wildman–Crippen MR) is 129 cm³/mol. The summed E-state index contributed by atoms with van der Waals surface area (Å²) in [7, 11) is 2.02. The fourth-order valence-electron chi connectivity index (χ4n) is 5.37. The molecule has 1 atom stereocenters. The van der Waals surface area contributed by atoms with Crippen molar-refractivity contribution in [3.63, 3.8) is 0 Å². The van der Waals surface area contributed by atoms with E-state index in [0.717, 1.165) is 66.8 Å². The molecule has 9 heteroatoms. The van der Waals surface area contributed by atoms with Crippen LogP contribution in [0.4, 0.5) is 0 Å². The zero-order valence-corrected chi connectivity index (χ0v) is 20.3. The lowest BCUT2D eigenvalue weighted by atomic mass is 9.85. The number of fused-ring (bicyclic) bond motifs is 3. The zero-order valence-electron chi connectivity index (χ0n) is 19.6. The maximum absolute atomic E-state index is 13.4. The summed E-state index contributed by atoms with van der Waals surface area (Å²) in [5.41, 5.74) is 5.05. The van der Waals surface area contributed by atoms with E-state index < -0.39 is 6.04 Å².